The van der Waals surface area contributed by atoms with E-state index < -0.39 is 0 Å². The molecule has 2 rings (SSSR count). The van der Waals surface area contributed by atoms with Crippen molar-refractivity contribution in [3.05, 3.63) is 35.9 Å². The molecular formula is C14H20N2O. The number of ether oxygens (including phenoxy) is 1. The van der Waals surface area contributed by atoms with Crippen LogP contribution < -0.4 is 10.5 Å². The molecule has 2 N–H and O–H groups in total. The van der Waals surface area contributed by atoms with Gasteiger partial charge in [-0.15, -0.1) is 0 Å². The van der Waals surface area contributed by atoms with Gasteiger partial charge >= 0.3 is 0 Å². The van der Waals surface area contributed by atoms with E-state index in [1.807, 2.05) is 24.3 Å². The van der Waals surface area contributed by atoms with Crippen molar-refractivity contribution in [2.75, 3.05) is 32.0 Å². The van der Waals surface area contributed by atoms with Crippen molar-refractivity contribution in [3.63, 3.8) is 0 Å². The number of para-hydroxylation sites is 2. The summed E-state index contributed by atoms with van der Waals surface area (Å²) in [6.07, 6.45) is 3.47. The second-order valence-electron chi connectivity index (χ2n) is 4.49. The maximum Gasteiger partial charge on any atom is 0.142 e. The van der Waals surface area contributed by atoms with E-state index >= 15 is 0 Å². The van der Waals surface area contributed by atoms with Crippen molar-refractivity contribution < 1.29 is 4.74 Å². The van der Waals surface area contributed by atoms with Crippen LogP contribution in [0.2, 0.25) is 0 Å². The third kappa shape index (κ3) is 3.49. The van der Waals surface area contributed by atoms with Crippen LogP contribution in [0.15, 0.2) is 35.9 Å². The Bertz CT molecular complexity index is 401. The third-order valence-corrected chi connectivity index (χ3v) is 3.10. The van der Waals surface area contributed by atoms with Crippen LogP contribution in [0.4, 0.5) is 5.69 Å². The molecule has 3 nitrogen and oxygen atoms in total. The van der Waals surface area contributed by atoms with Gasteiger partial charge in [-0.2, -0.15) is 0 Å². The number of nitrogen functional groups attached to an aromatic ring is 1. The van der Waals surface area contributed by atoms with E-state index in [0.717, 1.165) is 25.4 Å². The molecule has 17 heavy (non-hydrogen) atoms. The minimum Gasteiger partial charge on any atom is -0.490 e. The van der Waals surface area contributed by atoms with Gasteiger partial charge in [-0.3, -0.25) is 4.90 Å². The first-order valence-electron chi connectivity index (χ1n) is 6.11. The number of benzene rings is 1. The van der Waals surface area contributed by atoms with Gasteiger partial charge in [-0.1, -0.05) is 23.8 Å². The Hall–Kier alpha value is -1.48. The Morgan fingerprint density at radius 2 is 2.18 bits per heavy atom. The third-order valence-electron chi connectivity index (χ3n) is 3.10. The zero-order valence-electron chi connectivity index (χ0n) is 10.4. The molecule has 1 aromatic carbocycles. The van der Waals surface area contributed by atoms with Crippen molar-refractivity contribution in [1.29, 1.82) is 0 Å². The first-order valence-corrected chi connectivity index (χ1v) is 6.11. The Balaban J connectivity index is 1.75. The molecule has 92 valence electrons. The fourth-order valence-electron chi connectivity index (χ4n) is 1.91. The van der Waals surface area contributed by atoms with E-state index in [-0.39, 0.29) is 0 Å². The maximum absolute atomic E-state index is 5.81. The van der Waals surface area contributed by atoms with Crippen LogP contribution in [0.3, 0.4) is 0 Å². The van der Waals surface area contributed by atoms with Gasteiger partial charge in [0, 0.05) is 19.6 Å². The predicted octanol–water partition coefficient (Wildman–Crippen LogP) is 2.30. The van der Waals surface area contributed by atoms with Crippen LogP contribution in [0.1, 0.15) is 13.3 Å². The second-order valence-corrected chi connectivity index (χ2v) is 4.49. The van der Waals surface area contributed by atoms with Crippen LogP contribution in [-0.4, -0.2) is 31.1 Å². The number of anilines is 1. The summed E-state index contributed by atoms with van der Waals surface area (Å²) in [5.41, 5.74) is 8.01. The van der Waals surface area contributed by atoms with Crippen molar-refractivity contribution in [3.8, 4) is 5.75 Å². The van der Waals surface area contributed by atoms with Crippen LogP contribution in [0, 0.1) is 0 Å². The largest absolute Gasteiger partial charge is 0.490 e. The van der Waals surface area contributed by atoms with Crippen LogP contribution in [-0.2, 0) is 0 Å². The SMILES string of the molecule is CC1=CCN(CCOc2ccccc2N)CC1. The highest BCUT2D eigenvalue weighted by Gasteiger charge is 2.09. The smallest absolute Gasteiger partial charge is 0.142 e. The Morgan fingerprint density at radius 1 is 1.35 bits per heavy atom. The summed E-state index contributed by atoms with van der Waals surface area (Å²) < 4.78 is 5.68. The Kier molecular flexibility index (Phi) is 4.04. The van der Waals surface area contributed by atoms with Gasteiger partial charge in [0.1, 0.15) is 12.4 Å². The topological polar surface area (TPSA) is 38.5 Å². The van der Waals surface area contributed by atoms with E-state index in [4.69, 9.17) is 10.5 Å². The molecule has 0 aromatic heterocycles. The van der Waals surface area contributed by atoms with Gasteiger partial charge in [-0.25, -0.2) is 0 Å². The Morgan fingerprint density at radius 3 is 2.88 bits per heavy atom. The van der Waals surface area contributed by atoms with Gasteiger partial charge in [0.15, 0.2) is 0 Å². The summed E-state index contributed by atoms with van der Waals surface area (Å²) in [6, 6.07) is 7.64. The molecule has 1 aromatic rings. The van der Waals surface area contributed by atoms with Gasteiger partial charge in [0.05, 0.1) is 5.69 Å². The van der Waals surface area contributed by atoms with Gasteiger partial charge in [0.25, 0.3) is 0 Å². The average molecular weight is 232 g/mol. The van der Waals surface area contributed by atoms with E-state index in [1.54, 1.807) is 0 Å². The van der Waals surface area contributed by atoms with E-state index in [9.17, 15) is 0 Å². The molecule has 1 heterocycles. The molecule has 0 radical (unpaired) electrons. The molecule has 1 aliphatic rings. The average Bonchev–Trinajstić information content (AvgIpc) is 2.34. The molecular weight excluding hydrogens is 212 g/mol. The summed E-state index contributed by atoms with van der Waals surface area (Å²) in [5.74, 6) is 0.788. The minimum absolute atomic E-state index is 0.696. The molecule has 1 aliphatic heterocycles. The fourth-order valence-corrected chi connectivity index (χ4v) is 1.91. The van der Waals surface area contributed by atoms with Crippen LogP contribution in [0.5, 0.6) is 5.75 Å². The molecule has 0 aliphatic carbocycles. The highest BCUT2D eigenvalue weighted by atomic mass is 16.5. The van der Waals surface area contributed by atoms with Crippen molar-refractivity contribution in [2.24, 2.45) is 0 Å². The maximum atomic E-state index is 5.81. The summed E-state index contributed by atoms with van der Waals surface area (Å²) in [6.45, 7) is 6.02. The summed E-state index contributed by atoms with van der Waals surface area (Å²) >= 11 is 0. The normalized spacial score (nSPS) is 16.6. The zero-order valence-corrected chi connectivity index (χ0v) is 10.4. The number of nitrogens with zero attached hydrogens (tertiary/aromatic N) is 1. The monoisotopic (exact) mass is 232 g/mol. The quantitative estimate of drug-likeness (QED) is 0.639. The molecule has 3 heteroatoms. The lowest BCUT2D eigenvalue weighted by Gasteiger charge is -2.25. The molecule has 0 amide bonds. The van der Waals surface area contributed by atoms with Gasteiger partial charge < -0.3 is 10.5 Å². The number of rotatable bonds is 4. The van der Waals surface area contributed by atoms with Crippen molar-refractivity contribution >= 4 is 5.69 Å². The number of hydrogen-bond acceptors (Lipinski definition) is 3. The standard InChI is InChI=1S/C14H20N2O/c1-12-6-8-16(9-7-12)10-11-17-14-5-3-2-4-13(14)15/h2-6H,7-11,15H2,1H3. The molecule has 0 saturated carbocycles. The first-order chi connectivity index (χ1) is 8.25. The zero-order chi connectivity index (χ0) is 12.1. The molecule has 0 fully saturated rings. The summed E-state index contributed by atoms with van der Waals surface area (Å²) in [7, 11) is 0. The molecule has 0 saturated heterocycles. The summed E-state index contributed by atoms with van der Waals surface area (Å²) in [5, 5.41) is 0. The highest BCUT2D eigenvalue weighted by Crippen LogP contribution is 2.19. The predicted molar refractivity (Wildman–Crippen MR) is 71.2 cm³/mol. The fraction of sp³-hybridized carbons (Fsp3) is 0.429. The molecule has 0 bridgehead atoms. The Labute approximate surface area is 103 Å². The van der Waals surface area contributed by atoms with E-state index in [0.29, 0.717) is 12.3 Å². The first kappa shape index (κ1) is 12.0. The lowest BCUT2D eigenvalue weighted by atomic mass is 10.1. The van der Waals surface area contributed by atoms with Crippen molar-refractivity contribution in [1.82, 2.24) is 4.90 Å². The van der Waals surface area contributed by atoms with Crippen LogP contribution >= 0.6 is 0 Å². The van der Waals surface area contributed by atoms with Crippen molar-refractivity contribution in [2.45, 2.75) is 13.3 Å². The number of nitrogens with two attached hydrogens (primary N) is 1. The second kappa shape index (κ2) is 5.73. The number of hydrogen-bond donors (Lipinski definition) is 1. The van der Waals surface area contributed by atoms with E-state index in [2.05, 4.69) is 17.9 Å². The van der Waals surface area contributed by atoms with Gasteiger partial charge in [0.2, 0.25) is 0 Å². The molecule has 0 atom stereocenters. The van der Waals surface area contributed by atoms with Crippen LogP contribution in [0.25, 0.3) is 0 Å². The lowest BCUT2D eigenvalue weighted by molar-refractivity contribution is 0.219. The molecule has 0 unspecified atom stereocenters. The lowest BCUT2D eigenvalue weighted by Crippen LogP contribution is -2.32. The summed E-state index contributed by atoms with van der Waals surface area (Å²) in [4.78, 5) is 2.39. The highest BCUT2D eigenvalue weighted by molar-refractivity contribution is 5.51. The van der Waals surface area contributed by atoms with Gasteiger partial charge in [-0.05, 0) is 25.5 Å². The minimum atomic E-state index is 0.696. The molecule has 0 spiro atoms. The van der Waals surface area contributed by atoms with E-state index in [1.165, 1.54) is 12.0 Å².